The van der Waals surface area contributed by atoms with Gasteiger partial charge in [0.1, 0.15) is 0 Å². The number of nitrogens with zero attached hydrogens (tertiary/aromatic N) is 1. The van der Waals surface area contributed by atoms with Crippen LogP contribution >= 0.6 is 0 Å². The Morgan fingerprint density at radius 2 is 1.95 bits per heavy atom. The quantitative estimate of drug-likeness (QED) is 0.903. The van der Waals surface area contributed by atoms with E-state index in [2.05, 4.69) is 26.1 Å². The predicted molar refractivity (Wildman–Crippen MR) is 75.7 cm³/mol. The number of pyridine rings is 1. The number of Topliss-reactive ketones (excluding diaryl/α,β-unsaturated/α-hetero) is 1. The van der Waals surface area contributed by atoms with E-state index in [1.54, 1.807) is 10.6 Å². The van der Waals surface area contributed by atoms with Crippen molar-refractivity contribution in [2.75, 3.05) is 6.54 Å². The minimum absolute atomic E-state index is 0.0100. The number of carbonyl (C=O) groups is 1. The molecular formula is C15H22N2O2. The first-order valence-electron chi connectivity index (χ1n) is 6.89. The third-order valence-corrected chi connectivity index (χ3v) is 3.40. The number of hydrogen-bond acceptors (Lipinski definition) is 3. The van der Waals surface area contributed by atoms with Gasteiger partial charge < -0.3 is 9.88 Å². The SMILES string of the molecule is CC(C)(C)NCCn1c2c(ccc1=O)C(=O)CCC2. The van der Waals surface area contributed by atoms with E-state index in [9.17, 15) is 9.59 Å². The molecular weight excluding hydrogens is 240 g/mol. The fourth-order valence-electron chi connectivity index (χ4n) is 2.48. The van der Waals surface area contributed by atoms with Gasteiger partial charge in [0.05, 0.1) is 0 Å². The molecule has 0 aliphatic heterocycles. The standard InChI is InChI=1S/C15H22N2O2/c1-15(2,3)16-9-10-17-12-5-4-6-13(18)11(12)7-8-14(17)19/h7-8,16H,4-6,9-10H2,1-3H3. The molecule has 0 saturated heterocycles. The van der Waals surface area contributed by atoms with Crippen LogP contribution in [0.4, 0.5) is 0 Å². The zero-order valence-electron chi connectivity index (χ0n) is 12.0. The molecule has 1 aromatic rings. The summed E-state index contributed by atoms with van der Waals surface area (Å²) in [6.45, 7) is 7.64. The van der Waals surface area contributed by atoms with Crippen LogP contribution in [0, 0.1) is 0 Å². The smallest absolute Gasteiger partial charge is 0.250 e. The maximum atomic E-state index is 12.0. The molecule has 0 amide bonds. The number of rotatable bonds is 3. The van der Waals surface area contributed by atoms with Crippen molar-refractivity contribution in [1.29, 1.82) is 0 Å². The molecule has 0 bridgehead atoms. The largest absolute Gasteiger partial charge is 0.311 e. The molecule has 1 heterocycles. The molecule has 0 atom stereocenters. The summed E-state index contributed by atoms with van der Waals surface area (Å²) in [5, 5.41) is 3.37. The second kappa shape index (κ2) is 5.29. The number of carbonyl (C=O) groups excluding carboxylic acids is 1. The molecule has 1 aliphatic carbocycles. The zero-order valence-corrected chi connectivity index (χ0v) is 12.0. The highest BCUT2D eigenvalue weighted by atomic mass is 16.1. The van der Waals surface area contributed by atoms with Crippen LogP contribution < -0.4 is 10.9 Å². The van der Waals surface area contributed by atoms with Crippen molar-refractivity contribution < 1.29 is 4.79 Å². The highest BCUT2D eigenvalue weighted by Crippen LogP contribution is 2.19. The first kappa shape index (κ1) is 14.0. The summed E-state index contributed by atoms with van der Waals surface area (Å²) in [6.07, 6.45) is 2.28. The fourth-order valence-corrected chi connectivity index (χ4v) is 2.48. The molecule has 104 valence electrons. The molecule has 1 N–H and O–H groups in total. The van der Waals surface area contributed by atoms with Gasteiger partial charge in [0.15, 0.2) is 5.78 Å². The summed E-state index contributed by atoms with van der Waals surface area (Å²) in [5.41, 5.74) is 1.68. The van der Waals surface area contributed by atoms with Crippen LogP contribution in [0.25, 0.3) is 0 Å². The van der Waals surface area contributed by atoms with Crippen LogP contribution in [0.3, 0.4) is 0 Å². The Hall–Kier alpha value is -1.42. The monoisotopic (exact) mass is 262 g/mol. The first-order chi connectivity index (χ1) is 8.88. The van der Waals surface area contributed by atoms with Crippen LogP contribution in [-0.4, -0.2) is 22.4 Å². The predicted octanol–water partition coefficient (Wildman–Crippen LogP) is 1.76. The maximum Gasteiger partial charge on any atom is 0.250 e. The van der Waals surface area contributed by atoms with Crippen LogP contribution in [0.15, 0.2) is 16.9 Å². The minimum Gasteiger partial charge on any atom is -0.311 e. The van der Waals surface area contributed by atoms with Crippen molar-refractivity contribution in [3.63, 3.8) is 0 Å². The van der Waals surface area contributed by atoms with Crippen molar-refractivity contribution in [2.45, 2.75) is 52.1 Å². The van der Waals surface area contributed by atoms with E-state index >= 15 is 0 Å². The third kappa shape index (κ3) is 3.32. The van der Waals surface area contributed by atoms with Gasteiger partial charge in [0, 0.05) is 42.4 Å². The molecule has 0 aromatic carbocycles. The Kier molecular flexibility index (Phi) is 3.90. The van der Waals surface area contributed by atoms with E-state index < -0.39 is 0 Å². The molecule has 4 heteroatoms. The summed E-state index contributed by atoms with van der Waals surface area (Å²) in [5.74, 6) is 0.166. The third-order valence-electron chi connectivity index (χ3n) is 3.40. The Morgan fingerprint density at radius 1 is 1.21 bits per heavy atom. The fraction of sp³-hybridized carbons (Fsp3) is 0.600. The average Bonchev–Trinajstić information content (AvgIpc) is 2.31. The van der Waals surface area contributed by atoms with Crippen LogP contribution in [-0.2, 0) is 13.0 Å². The second-order valence-corrected chi connectivity index (χ2v) is 6.14. The summed E-state index contributed by atoms with van der Waals surface area (Å²) >= 11 is 0. The molecule has 0 unspecified atom stereocenters. The van der Waals surface area contributed by atoms with Gasteiger partial charge in [-0.05, 0) is 39.7 Å². The van der Waals surface area contributed by atoms with Crippen LogP contribution in [0.5, 0.6) is 0 Å². The van der Waals surface area contributed by atoms with E-state index in [0.717, 1.165) is 30.6 Å². The van der Waals surface area contributed by atoms with E-state index in [0.29, 0.717) is 13.0 Å². The Morgan fingerprint density at radius 3 is 2.63 bits per heavy atom. The van der Waals surface area contributed by atoms with Crippen molar-refractivity contribution in [3.8, 4) is 0 Å². The summed E-state index contributed by atoms with van der Waals surface area (Å²) in [6, 6.07) is 3.20. The van der Waals surface area contributed by atoms with Gasteiger partial charge in [0.2, 0.25) is 0 Å². The lowest BCUT2D eigenvalue weighted by molar-refractivity contribution is 0.0970. The van der Waals surface area contributed by atoms with Crippen molar-refractivity contribution >= 4 is 5.78 Å². The van der Waals surface area contributed by atoms with Gasteiger partial charge in [-0.25, -0.2) is 0 Å². The van der Waals surface area contributed by atoms with Gasteiger partial charge in [-0.1, -0.05) is 0 Å². The normalized spacial score (nSPS) is 15.4. The van der Waals surface area contributed by atoms with Crippen molar-refractivity contribution in [2.24, 2.45) is 0 Å². The average molecular weight is 262 g/mol. The summed E-state index contributed by atoms with van der Waals surface area (Å²) < 4.78 is 1.76. The van der Waals surface area contributed by atoms with Crippen LogP contribution in [0.1, 0.15) is 49.7 Å². The summed E-state index contributed by atoms with van der Waals surface area (Å²) in [7, 11) is 0. The van der Waals surface area contributed by atoms with Gasteiger partial charge >= 0.3 is 0 Å². The first-order valence-corrected chi connectivity index (χ1v) is 6.89. The number of hydrogen-bond donors (Lipinski definition) is 1. The number of fused-ring (bicyclic) bond motifs is 1. The highest BCUT2D eigenvalue weighted by molar-refractivity contribution is 5.97. The number of ketones is 1. The molecule has 4 nitrogen and oxygen atoms in total. The Labute approximate surface area is 113 Å². The molecule has 1 aliphatic rings. The topological polar surface area (TPSA) is 51.1 Å². The molecule has 0 spiro atoms. The Balaban J connectivity index is 2.22. The van der Waals surface area contributed by atoms with E-state index in [1.165, 1.54) is 6.07 Å². The molecule has 0 saturated carbocycles. The lowest BCUT2D eigenvalue weighted by Gasteiger charge is -2.23. The maximum absolute atomic E-state index is 12.0. The highest BCUT2D eigenvalue weighted by Gasteiger charge is 2.20. The second-order valence-electron chi connectivity index (χ2n) is 6.14. The number of nitrogens with one attached hydrogen (secondary N) is 1. The lowest BCUT2D eigenvalue weighted by atomic mass is 9.94. The lowest BCUT2D eigenvalue weighted by Crippen LogP contribution is -2.40. The Bertz CT molecular complexity index is 538. The van der Waals surface area contributed by atoms with Gasteiger partial charge in [-0.3, -0.25) is 9.59 Å². The van der Waals surface area contributed by atoms with Gasteiger partial charge in [0.25, 0.3) is 5.56 Å². The minimum atomic E-state index is -0.0100. The molecule has 0 fully saturated rings. The van der Waals surface area contributed by atoms with Crippen molar-refractivity contribution in [1.82, 2.24) is 9.88 Å². The molecule has 2 rings (SSSR count). The molecule has 19 heavy (non-hydrogen) atoms. The van der Waals surface area contributed by atoms with Gasteiger partial charge in [-0.2, -0.15) is 0 Å². The van der Waals surface area contributed by atoms with Crippen molar-refractivity contribution in [3.05, 3.63) is 33.7 Å². The van der Waals surface area contributed by atoms with Crippen LogP contribution in [0.2, 0.25) is 0 Å². The molecule has 1 aromatic heterocycles. The van der Waals surface area contributed by atoms with E-state index in [4.69, 9.17) is 0 Å². The van der Waals surface area contributed by atoms with Gasteiger partial charge in [-0.15, -0.1) is 0 Å². The summed E-state index contributed by atoms with van der Waals surface area (Å²) in [4.78, 5) is 23.8. The van der Waals surface area contributed by atoms with E-state index in [1.807, 2.05) is 0 Å². The number of aromatic nitrogens is 1. The molecule has 0 radical (unpaired) electrons. The van der Waals surface area contributed by atoms with E-state index in [-0.39, 0.29) is 16.9 Å². The zero-order chi connectivity index (χ0) is 14.0.